The number of benzene rings is 1. The molecule has 0 aliphatic heterocycles. The minimum atomic E-state index is -0.0601. The van der Waals surface area contributed by atoms with Crippen LogP contribution in [0.1, 0.15) is 37.8 Å². The second-order valence-electron chi connectivity index (χ2n) is 4.69. The molecule has 0 radical (unpaired) electrons. The van der Waals surface area contributed by atoms with Crippen LogP contribution in [-0.4, -0.2) is 11.8 Å². The van der Waals surface area contributed by atoms with Gasteiger partial charge in [0.25, 0.3) is 0 Å². The summed E-state index contributed by atoms with van der Waals surface area (Å²) >= 11 is 0. The van der Waals surface area contributed by atoms with Crippen LogP contribution in [0.5, 0.6) is 0 Å². The highest BCUT2D eigenvalue weighted by molar-refractivity contribution is 5.93. The number of nitrogens with one attached hydrogen (secondary N) is 2. The first-order valence-electron chi connectivity index (χ1n) is 6.28. The van der Waals surface area contributed by atoms with Gasteiger partial charge in [0, 0.05) is 25.2 Å². The van der Waals surface area contributed by atoms with Crippen molar-refractivity contribution in [3.8, 4) is 0 Å². The lowest BCUT2D eigenvalue weighted by molar-refractivity contribution is -0.115. The van der Waals surface area contributed by atoms with Gasteiger partial charge in [-0.25, -0.2) is 0 Å². The molecule has 0 aromatic heterocycles. The second-order valence-corrected chi connectivity index (χ2v) is 4.69. The Balaban J connectivity index is 2.41. The average Bonchev–Trinajstić information content (AvgIpc) is 2.31. The fourth-order valence-electron chi connectivity index (χ4n) is 2.48. The lowest BCUT2D eigenvalue weighted by Gasteiger charge is -2.22. The van der Waals surface area contributed by atoms with Crippen LogP contribution in [0, 0.1) is 0 Å². The van der Waals surface area contributed by atoms with Crippen molar-refractivity contribution in [1.29, 1.82) is 0 Å². The van der Waals surface area contributed by atoms with E-state index in [1.807, 2.05) is 12.1 Å². The lowest BCUT2D eigenvalue weighted by atomic mass is 9.89. The van der Waals surface area contributed by atoms with E-state index in [1.54, 1.807) is 0 Å². The second kappa shape index (κ2) is 5.21. The number of carbonyl (C=O) groups excluding carboxylic acids is 2. The van der Waals surface area contributed by atoms with Gasteiger partial charge in [-0.3, -0.25) is 9.59 Å². The van der Waals surface area contributed by atoms with Gasteiger partial charge in [-0.05, 0) is 48.9 Å². The fraction of sp³-hybridized carbons (Fsp3) is 0.429. The molecule has 0 saturated heterocycles. The third kappa shape index (κ3) is 2.70. The smallest absolute Gasteiger partial charge is 0.221 e. The molecule has 4 nitrogen and oxygen atoms in total. The van der Waals surface area contributed by atoms with Crippen LogP contribution >= 0.6 is 0 Å². The number of fused-ring (bicyclic) bond motifs is 1. The van der Waals surface area contributed by atoms with Crippen LogP contribution in [-0.2, 0) is 22.4 Å². The quantitative estimate of drug-likeness (QED) is 0.842. The molecule has 0 atom stereocenters. The van der Waals surface area contributed by atoms with Gasteiger partial charge in [0.2, 0.25) is 11.8 Å². The van der Waals surface area contributed by atoms with Gasteiger partial charge in [-0.15, -0.1) is 0 Å². The molecule has 2 N–H and O–H groups in total. The number of hydrogen-bond acceptors (Lipinski definition) is 2. The molecule has 1 aliphatic rings. The Kier molecular flexibility index (Phi) is 3.65. The summed E-state index contributed by atoms with van der Waals surface area (Å²) in [6.45, 7) is 3.02. The molecule has 0 unspecified atom stereocenters. The minimum Gasteiger partial charge on any atom is -0.326 e. The number of anilines is 2. The molecule has 0 spiro atoms. The predicted octanol–water partition coefficient (Wildman–Crippen LogP) is 2.48. The molecular formula is C14H18N2O2. The highest BCUT2D eigenvalue weighted by atomic mass is 16.2. The van der Waals surface area contributed by atoms with Crippen molar-refractivity contribution in [3.05, 3.63) is 23.3 Å². The Bertz CT molecular complexity index is 450. The van der Waals surface area contributed by atoms with E-state index in [2.05, 4.69) is 10.6 Å². The summed E-state index contributed by atoms with van der Waals surface area (Å²) in [5, 5.41) is 5.72. The number of carbonyl (C=O) groups is 2. The van der Waals surface area contributed by atoms with E-state index < -0.39 is 0 Å². The molecule has 2 amide bonds. The molecule has 1 aromatic rings. The highest BCUT2D eigenvalue weighted by Crippen LogP contribution is 2.33. The van der Waals surface area contributed by atoms with Gasteiger partial charge in [-0.1, -0.05) is 0 Å². The lowest BCUT2D eigenvalue weighted by Crippen LogP contribution is -2.15. The van der Waals surface area contributed by atoms with Crippen molar-refractivity contribution in [2.24, 2.45) is 0 Å². The molecular weight excluding hydrogens is 228 g/mol. The standard InChI is InChI=1S/C14H18N2O2/c1-9(17)15-13-7-8-14(16-10(2)18)12-6-4-3-5-11(12)13/h7-8H,3-6H2,1-2H3,(H,15,17)(H,16,18). The average molecular weight is 246 g/mol. The first-order chi connectivity index (χ1) is 8.58. The number of amides is 2. The molecule has 4 heteroatoms. The first-order valence-corrected chi connectivity index (χ1v) is 6.28. The normalized spacial score (nSPS) is 13.7. The van der Waals surface area contributed by atoms with Crippen molar-refractivity contribution >= 4 is 23.2 Å². The summed E-state index contributed by atoms with van der Waals surface area (Å²) in [5.74, 6) is -0.120. The third-order valence-corrected chi connectivity index (χ3v) is 3.16. The summed E-state index contributed by atoms with van der Waals surface area (Å²) < 4.78 is 0. The Hall–Kier alpha value is -1.84. The van der Waals surface area contributed by atoms with Crippen LogP contribution in [0.25, 0.3) is 0 Å². The molecule has 96 valence electrons. The molecule has 2 rings (SSSR count). The molecule has 0 heterocycles. The van der Waals surface area contributed by atoms with Gasteiger partial charge in [0.05, 0.1) is 0 Å². The first kappa shape index (κ1) is 12.6. The van der Waals surface area contributed by atoms with Crippen molar-refractivity contribution in [1.82, 2.24) is 0 Å². The summed E-state index contributed by atoms with van der Waals surface area (Å²) in [4.78, 5) is 22.4. The molecule has 18 heavy (non-hydrogen) atoms. The monoisotopic (exact) mass is 246 g/mol. The van der Waals surface area contributed by atoms with Crippen molar-refractivity contribution in [2.75, 3.05) is 10.6 Å². The van der Waals surface area contributed by atoms with Crippen LogP contribution in [0.2, 0.25) is 0 Å². The van der Waals surface area contributed by atoms with Crippen LogP contribution in [0.3, 0.4) is 0 Å². The van der Waals surface area contributed by atoms with Crippen molar-refractivity contribution in [2.45, 2.75) is 39.5 Å². The van der Waals surface area contributed by atoms with Gasteiger partial charge in [0.1, 0.15) is 0 Å². The van der Waals surface area contributed by atoms with Gasteiger partial charge in [0.15, 0.2) is 0 Å². The summed E-state index contributed by atoms with van der Waals surface area (Å²) in [5.41, 5.74) is 4.10. The van der Waals surface area contributed by atoms with Gasteiger partial charge >= 0.3 is 0 Å². The highest BCUT2D eigenvalue weighted by Gasteiger charge is 2.17. The molecule has 1 aliphatic carbocycles. The van der Waals surface area contributed by atoms with Gasteiger partial charge in [-0.2, -0.15) is 0 Å². The van der Waals surface area contributed by atoms with E-state index in [-0.39, 0.29) is 11.8 Å². The topological polar surface area (TPSA) is 58.2 Å². The molecule has 1 aromatic carbocycles. The zero-order valence-electron chi connectivity index (χ0n) is 10.8. The van der Waals surface area contributed by atoms with Crippen molar-refractivity contribution < 1.29 is 9.59 Å². The largest absolute Gasteiger partial charge is 0.326 e. The molecule has 0 fully saturated rings. The Morgan fingerprint density at radius 1 is 0.889 bits per heavy atom. The van der Waals surface area contributed by atoms with Crippen molar-refractivity contribution in [3.63, 3.8) is 0 Å². The molecule has 0 bridgehead atoms. The maximum absolute atomic E-state index is 11.2. The van der Waals surface area contributed by atoms with E-state index >= 15 is 0 Å². The summed E-state index contributed by atoms with van der Waals surface area (Å²) in [7, 11) is 0. The maximum atomic E-state index is 11.2. The maximum Gasteiger partial charge on any atom is 0.221 e. The summed E-state index contributed by atoms with van der Waals surface area (Å²) in [6.07, 6.45) is 4.17. The zero-order chi connectivity index (χ0) is 13.1. The SMILES string of the molecule is CC(=O)Nc1ccc(NC(C)=O)c2c1CCCC2. The predicted molar refractivity (Wildman–Crippen MR) is 71.7 cm³/mol. The van der Waals surface area contributed by atoms with Crippen LogP contribution in [0.15, 0.2) is 12.1 Å². The van der Waals surface area contributed by atoms with E-state index in [0.717, 1.165) is 37.1 Å². The third-order valence-electron chi connectivity index (χ3n) is 3.16. The molecule has 0 saturated carbocycles. The number of rotatable bonds is 2. The Morgan fingerprint density at radius 3 is 1.61 bits per heavy atom. The zero-order valence-corrected chi connectivity index (χ0v) is 10.8. The Morgan fingerprint density at radius 2 is 1.28 bits per heavy atom. The van der Waals surface area contributed by atoms with Gasteiger partial charge < -0.3 is 10.6 Å². The van der Waals surface area contributed by atoms with E-state index in [0.29, 0.717) is 0 Å². The fourth-order valence-corrected chi connectivity index (χ4v) is 2.48. The number of hydrogen-bond donors (Lipinski definition) is 2. The van der Waals surface area contributed by atoms with E-state index in [9.17, 15) is 9.59 Å². The summed E-state index contributed by atoms with van der Waals surface area (Å²) in [6, 6.07) is 3.74. The van der Waals surface area contributed by atoms with E-state index in [4.69, 9.17) is 0 Å². The van der Waals surface area contributed by atoms with E-state index in [1.165, 1.54) is 25.0 Å². The van der Waals surface area contributed by atoms with Crippen LogP contribution < -0.4 is 10.6 Å². The minimum absolute atomic E-state index is 0.0601. The van der Waals surface area contributed by atoms with Crippen LogP contribution in [0.4, 0.5) is 11.4 Å². The Labute approximate surface area is 107 Å².